The van der Waals surface area contributed by atoms with Crippen molar-refractivity contribution < 1.29 is 13.5 Å². The first-order valence-electron chi connectivity index (χ1n) is 4.91. The van der Waals surface area contributed by atoms with Gasteiger partial charge in [-0.25, -0.2) is 0 Å². The van der Waals surface area contributed by atoms with E-state index in [-0.39, 0.29) is 5.75 Å². The highest BCUT2D eigenvalue weighted by atomic mass is 19.3. The average Bonchev–Trinajstić information content (AvgIpc) is 2.59. The molecule has 2 rings (SSSR count). The minimum atomic E-state index is -2.83. The fourth-order valence-corrected chi connectivity index (χ4v) is 1.45. The van der Waals surface area contributed by atoms with E-state index in [0.717, 1.165) is 0 Å². The van der Waals surface area contributed by atoms with Gasteiger partial charge in [-0.1, -0.05) is 12.1 Å². The Balaban J connectivity index is 2.32. The number of aryl methyl sites for hydroxylation is 1. The van der Waals surface area contributed by atoms with Crippen LogP contribution in [0.15, 0.2) is 30.3 Å². The second-order valence-electron chi connectivity index (χ2n) is 3.48. The monoisotopic (exact) mass is 239 g/mol. The number of alkyl halides is 2. The van der Waals surface area contributed by atoms with E-state index in [9.17, 15) is 8.78 Å². The van der Waals surface area contributed by atoms with Gasteiger partial charge in [0.25, 0.3) is 0 Å². The molecular formula is C11H11F2N3O. The van der Waals surface area contributed by atoms with Crippen molar-refractivity contribution in [2.75, 3.05) is 5.73 Å². The highest BCUT2D eigenvalue weighted by Crippen LogP contribution is 2.24. The lowest BCUT2D eigenvalue weighted by Crippen LogP contribution is -2.01. The van der Waals surface area contributed by atoms with Crippen molar-refractivity contribution in [1.82, 2.24) is 9.78 Å². The van der Waals surface area contributed by atoms with Gasteiger partial charge in [-0.2, -0.15) is 13.9 Å². The van der Waals surface area contributed by atoms with Crippen molar-refractivity contribution in [3.63, 3.8) is 0 Å². The lowest BCUT2D eigenvalue weighted by Gasteiger charge is -2.05. The summed E-state index contributed by atoms with van der Waals surface area (Å²) in [4.78, 5) is 0. The number of halogens is 2. The first kappa shape index (κ1) is 11.4. The minimum Gasteiger partial charge on any atom is -0.435 e. The van der Waals surface area contributed by atoms with Gasteiger partial charge in [0.1, 0.15) is 11.6 Å². The molecule has 17 heavy (non-hydrogen) atoms. The number of nitrogens with two attached hydrogens (primary N) is 1. The Morgan fingerprint density at radius 2 is 2.12 bits per heavy atom. The van der Waals surface area contributed by atoms with E-state index in [4.69, 9.17) is 5.73 Å². The van der Waals surface area contributed by atoms with Gasteiger partial charge >= 0.3 is 6.61 Å². The molecule has 1 aromatic heterocycles. The van der Waals surface area contributed by atoms with Crippen LogP contribution in [0.2, 0.25) is 0 Å². The number of hydrogen-bond acceptors (Lipinski definition) is 3. The van der Waals surface area contributed by atoms with E-state index in [1.54, 1.807) is 25.2 Å². The van der Waals surface area contributed by atoms with Gasteiger partial charge < -0.3 is 10.5 Å². The molecule has 0 fully saturated rings. The number of nitrogens with zero attached hydrogens (tertiary/aromatic N) is 2. The largest absolute Gasteiger partial charge is 0.435 e. The highest BCUT2D eigenvalue weighted by Gasteiger charge is 2.08. The molecule has 0 aliphatic carbocycles. The minimum absolute atomic E-state index is 0.0988. The van der Waals surface area contributed by atoms with Crippen molar-refractivity contribution in [1.29, 1.82) is 0 Å². The second kappa shape index (κ2) is 4.40. The number of anilines is 1. The van der Waals surface area contributed by atoms with Crippen LogP contribution in [0, 0.1) is 0 Å². The SMILES string of the molecule is Cn1nc(-c2cccc(OC(F)F)c2)cc1N. The number of aromatic nitrogens is 2. The average molecular weight is 239 g/mol. The fourth-order valence-electron chi connectivity index (χ4n) is 1.45. The highest BCUT2D eigenvalue weighted by molar-refractivity contribution is 5.63. The summed E-state index contributed by atoms with van der Waals surface area (Å²) in [6, 6.07) is 8.00. The molecule has 4 nitrogen and oxygen atoms in total. The van der Waals surface area contributed by atoms with Crippen LogP contribution >= 0.6 is 0 Å². The summed E-state index contributed by atoms with van der Waals surface area (Å²) in [5.41, 5.74) is 6.94. The molecule has 0 unspecified atom stereocenters. The summed E-state index contributed by atoms with van der Waals surface area (Å²) in [5.74, 6) is 0.599. The van der Waals surface area contributed by atoms with Crippen LogP contribution in [0.5, 0.6) is 5.75 Å². The zero-order valence-electron chi connectivity index (χ0n) is 9.10. The molecule has 0 amide bonds. The van der Waals surface area contributed by atoms with Gasteiger partial charge in [-0.05, 0) is 12.1 Å². The Morgan fingerprint density at radius 3 is 2.71 bits per heavy atom. The predicted octanol–water partition coefficient (Wildman–Crippen LogP) is 2.27. The maximum absolute atomic E-state index is 12.1. The van der Waals surface area contributed by atoms with Crippen LogP contribution in [0.4, 0.5) is 14.6 Å². The number of ether oxygens (including phenoxy) is 1. The summed E-state index contributed by atoms with van der Waals surface area (Å²) in [5, 5.41) is 4.15. The van der Waals surface area contributed by atoms with Crippen LogP contribution in [0.3, 0.4) is 0 Å². The van der Waals surface area contributed by atoms with Crippen molar-refractivity contribution in [3.05, 3.63) is 30.3 Å². The first-order valence-corrected chi connectivity index (χ1v) is 4.91. The Bertz CT molecular complexity index is 506. The maximum atomic E-state index is 12.1. The molecule has 90 valence electrons. The van der Waals surface area contributed by atoms with Crippen LogP contribution < -0.4 is 10.5 Å². The number of hydrogen-bond donors (Lipinski definition) is 1. The van der Waals surface area contributed by atoms with Crippen molar-refractivity contribution in [3.8, 4) is 17.0 Å². The first-order chi connectivity index (χ1) is 8.06. The molecule has 0 bridgehead atoms. The summed E-state index contributed by atoms with van der Waals surface area (Å²) in [6.45, 7) is -2.83. The quantitative estimate of drug-likeness (QED) is 0.893. The predicted molar refractivity (Wildman–Crippen MR) is 59.7 cm³/mol. The van der Waals surface area contributed by atoms with Gasteiger partial charge in [0.15, 0.2) is 0 Å². The Morgan fingerprint density at radius 1 is 1.35 bits per heavy atom. The van der Waals surface area contributed by atoms with E-state index in [2.05, 4.69) is 9.84 Å². The van der Waals surface area contributed by atoms with Gasteiger partial charge in [0, 0.05) is 18.7 Å². The summed E-state index contributed by atoms with van der Waals surface area (Å²) >= 11 is 0. The van der Waals surface area contributed by atoms with E-state index in [0.29, 0.717) is 17.1 Å². The lowest BCUT2D eigenvalue weighted by molar-refractivity contribution is -0.0498. The molecule has 0 atom stereocenters. The van der Waals surface area contributed by atoms with E-state index >= 15 is 0 Å². The summed E-state index contributed by atoms with van der Waals surface area (Å²) < 4.78 is 29.9. The van der Waals surface area contributed by atoms with Crippen molar-refractivity contribution in [2.45, 2.75) is 6.61 Å². The van der Waals surface area contributed by atoms with Crippen LogP contribution in [0.1, 0.15) is 0 Å². The van der Waals surface area contributed by atoms with Crippen molar-refractivity contribution in [2.24, 2.45) is 7.05 Å². The molecule has 1 aromatic carbocycles. The third kappa shape index (κ3) is 2.52. The zero-order chi connectivity index (χ0) is 12.4. The molecule has 6 heteroatoms. The van der Waals surface area contributed by atoms with E-state index < -0.39 is 6.61 Å². The topological polar surface area (TPSA) is 53.1 Å². The molecule has 0 aliphatic rings. The van der Waals surface area contributed by atoms with Gasteiger partial charge in [0.05, 0.1) is 5.69 Å². The smallest absolute Gasteiger partial charge is 0.387 e. The molecule has 0 saturated heterocycles. The molecule has 2 aromatic rings. The summed E-state index contributed by atoms with van der Waals surface area (Å²) in [6.07, 6.45) is 0. The molecule has 1 heterocycles. The third-order valence-corrected chi connectivity index (χ3v) is 2.27. The molecule has 0 aliphatic heterocycles. The Kier molecular flexibility index (Phi) is 2.95. The molecule has 0 radical (unpaired) electrons. The molecular weight excluding hydrogens is 228 g/mol. The Hall–Kier alpha value is -2.11. The Labute approximate surface area is 96.6 Å². The van der Waals surface area contributed by atoms with Crippen molar-refractivity contribution >= 4 is 5.82 Å². The summed E-state index contributed by atoms with van der Waals surface area (Å²) in [7, 11) is 1.71. The maximum Gasteiger partial charge on any atom is 0.387 e. The fraction of sp³-hybridized carbons (Fsp3) is 0.182. The second-order valence-corrected chi connectivity index (χ2v) is 3.48. The third-order valence-electron chi connectivity index (χ3n) is 2.27. The molecule has 2 N–H and O–H groups in total. The number of rotatable bonds is 3. The van der Waals surface area contributed by atoms with E-state index in [1.165, 1.54) is 16.8 Å². The van der Waals surface area contributed by atoms with Crippen LogP contribution in [-0.2, 0) is 7.05 Å². The normalized spacial score (nSPS) is 10.8. The zero-order valence-corrected chi connectivity index (χ0v) is 9.10. The van der Waals surface area contributed by atoms with Gasteiger partial charge in [-0.3, -0.25) is 4.68 Å². The van der Waals surface area contributed by atoms with Crippen LogP contribution in [0.25, 0.3) is 11.3 Å². The molecule has 0 spiro atoms. The van der Waals surface area contributed by atoms with Crippen LogP contribution in [-0.4, -0.2) is 16.4 Å². The van der Waals surface area contributed by atoms with E-state index in [1.807, 2.05) is 0 Å². The van der Waals surface area contributed by atoms with Gasteiger partial charge in [0.2, 0.25) is 0 Å². The number of benzene rings is 1. The molecule has 0 saturated carbocycles. The number of nitrogen functional groups attached to an aromatic ring is 1. The van der Waals surface area contributed by atoms with Gasteiger partial charge in [-0.15, -0.1) is 0 Å². The lowest BCUT2D eigenvalue weighted by atomic mass is 10.1. The standard InChI is InChI=1S/C11H11F2N3O/c1-16-10(14)6-9(15-16)7-3-2-4-8(5-7)17-11(12)13/h2-6,11H,14H2,1H3.